The number of allylic oxidation sites excluding steroid dienone is 1. The van der Waals surface area contributed by atoms with E-state index >= 15 is 0 Å². The number of fused-ring (bicyclic) bond motifs is 2. The van der Waals surface area contributed by atoms with Gasteiger partial charge in [0.2, 0.25) is 5.88 Å². The lowest BCUT2D eigenvalue weighted by Gasteiger charge is -2.36. The number of rotatable bonds is 7. The number of nitrogens with zero attached hydrogens (tertiary/aromatic N) is 3. The molecule has 3 heterocycles. The number of aromatic nitrogens is 2. The first-order chi connectivity index (χ1) is 16.4. The van der Waals surface area contributed by atoms with E-state index in [4.69, 9.17) is 28.9 Å². The van der Waals surface area contributed by atoms with E-state index in [1.54, 1.807) is 10.9 Å². The van der Waals surface area contributed by atoms with Crippen molar-refractivity contribution in [1.29, 1.82) is 0 Å². The molecule has 5 rings (SSSR count). The van der Waals surface area contributed by atoms with Gasteiger partial charge in [0, 0.05) is 28.0 Å². The van der Waals surface area contributed by atoms with Gasteiger partial charge >= 0.3 is 6.03 Å². The molecule has 1 fully saturated rings. The van der Waals surface area contributed by atoms with Gasteiger partial charge in [0.05, 0.1) is 39.1 Å². The Balaban J connectivity index is 1.31. The standard InChI is InChI=1S/C22H34N6O5S/c1-13-6-7-16-19(13)25-17-5-3-4-15(17)20(16)26-22(30)27-34(23,31-2)18-10-24-28-11-14(32-9-8-29)12-33-21(18)28/h10,13-15,20,29H,3-9,11-12,23H2,1-2H3,(H2,26,27,30). The number of amides is 2. The Bertz CT molecular complexity index is 1010. The minimum atomic E-state index is -2.69. The smallest absolute Gasteiger partial charge is 0.326 e. The summed E-state index contributed by atoms with van der Waals surface area (Å²) in [6.07, 6.45) is 6.52. The Morgan fingerprint density at radius 3 is 3.06 bits per heavy atom. The lowest BCUT2D eigenvalue weighted by molar-refractivity contribution is -0.0261. The molecule has 0 aromatic carbocycles. The Kier molecular flexibility index (Phi) is 6.60. The quantitative estimate of drug-likeness (QED) is 0.452. The van der Waals surface area contributed by atoms with Crippen molar-refractivity contribution in [3.05, 3.63) is 17.5 Å². The minimum Gasteiger partial charge on any atom is -0.474 e. The van der Waals surface area contributed by atoms with Gasteiger partial charge in [-0.1, -0.05) is 6.92 Å². The number of urea groups is 1. The molecule has 5 atom stereocenters. The Hall–Kier alpha value is -2.12. The van der Waals surface area contributed by atoms with E-state index in [0.29, 0.717) is 29.8 Å². The third kappa shape index (κ3) is 4.22. The van der Waals surface area contributed by atoms with Gasteiger partial charge in [-0.15, -0.1) is 0 Å². The highest BCUT2D eigenvalue weighted by molar-refractivity contribution is 8.26. The predicted octanol–water partition coefficient (Wildman–Crippen LogP) is 1.77. The highest BCUT2D eigenvalue weighted by Gasteiger charge is 2.42. The fraction of sp³-hybridized carbons (Fsp3) is 0.682. The van der Waals surface area contributed by atoms with E-state index in [2.05, 4.69) is 22.1 Å². The number of carbonyl (C=O) groups excluding carboxylic acids is 1. The molecule has 0 radical (unpaired) electrons. The first-order valence-electron chi connectivity index (χ1n) is 11.9. The van der Waals surface area contributed by atoms with Crippen molar-refractivity contribution in [1.82, 2.24) is 19.8 Å². The summed E-state index contributed by atoms with van der Waals surface area (Å²) in [7, 11) is -1.22. The van der Waals surface area contributed by atoms with Crippen LogP contribution in [0.2, 0.25) is 0 Å². The van der Waals surface area contributed by atoms with Crippen molar-refractivity contribution in [2.75, 3.05) is 26.9 Å². The van der Waals surface area contributed by atoms with Crippen LogP contribution in [0.3, 0.4) is 0 Å². The van der Waals surface area contributed by atoms with Crippen molar-refractivity contribution in [3.8, 4) is 5.88 Å². The van der Waals surface area contributed by atoms with Crippen LogP contribution < -0.4 is 19.9 Å². The van der Waals surface area contributed by atoms with Gasteiger partial charge in [0.15, 0.2) is 0 Å². The zero-order valence-corrected chi connectivity index (χ0v) is 20.5. The molecule has 5 N–H and O–H groups in total. The third-order valence-electron chi connectivity index (χ3n) is 7.17. The molecule has 1 saturated carbocycles. The molecule has 34 heavy (non-hydrogen) atoms. The molecule has 0 bridgehead atoms. The molecular weight excluding hydrogens is 460 g/mol. The van der Waals surface area contributed by atoms with E-state index in [9.17, 15) is 4.79 Å². The average Bonchev–Trinajstić information content (AvgIpc) is 3.56. The zero-order chi connectivity index (χ0) is 23.9. The normalized spacial score (nSPS) is 30.4. The number of hydrogen-bond donors (Lipinski definition) is 4. The molecule has 0 spiro atoms. The molecule has 2 amide bonds. The fourth-order valence-electron chi connectivity index (χ4n) is 5.46. The highest BCUT2D eigenvalue weighted by atomic mass is 32.3. The zero-order valence-electron chi connectivity index (χ0n) is 19.7. The van der Waals surface area contributed by atoms with Crippen molar-refractivity contribution in [2.45, 2.75) is 62.6 Å². The Morgan fingerprint density at radius 1 is 1.41 bits per heavy atom. The average molecular weight is 495 g/mol. The maximum Gasteiger partial charge on any atom is 0.326 e. The van der Waals surface area contributed by atoms with Gasteiger partial charge in [-0.25, -0.2) is 9.48 Å². The van der Waals surface area contributed by atoms with E-state index in [1.165, 1.54) is 18.4 Å². The van der Waals surface area contributed by atoms with Gasteiger partial charge in [0.25, 0.3) is 0 Å². The van der Waals surface area contributed by atoms with E-state index < -0.39 is 10.7 Å². The summed E-state index contributed by atoms with van der Waals surface area (Å²) in [5.41, 5.74) is 3.63. The first kappa shape index (κ1) is 23.6. The Morgan fingerprint density at radius 2 is 2.26 bits per heavy atom. The third-order valence-corrected chi connectivity index (χ3v) is 9.12. The van der Waals surface area contributed by atoms with Crippen LogP contribution in [0, 0.1) is 11.8 Å². The lowest BCUT2D eigenvalue weighted by atomic mass is 9.87. The van der Waals surface area contributed by atoms with Crippen LogP contribution in [-0.2, 0) is 15.5 Å². The summed E-state index contributed by atoms with van der Waals surface area (Å²) in [5.74, 6) is 1.14. The van der Waals surface area contributed by atoms with Crippen LogP contribution >= 0.6 is 10.7 Å². The second kappa shape index (κ2) is 9.50. The number of carbonyl (C=O) groups is 1. The van der Waals surface area contributed by atoms with E-state index in [-0.39, 0.29) is 37.3 Å². The minimum absolute atomic E-state index is 0.0566. The van der Waals surface area contributed by atoms with E-state index in [1.807, 2.05) is 0 Å². The summed E-state index contributed by atoms with van der Waals surface area (Å²) >= 11 is 0. The summed E-state index contributed by atoms with van der Waals surface area (Å²) in [5, 5.41) is 23.1. The Labute approximate surface area is 200 Å². The van der Waals surface area contributed by atoms with Gasteiger partial charge in [-0.05, 0) is 43.6 Å². The lowest BCUT2D eigenvalue weighted by Crippen LogP contribution is -2.50. The summed E-state index contributed by atoms with van der Waals surface area (Å²) in [6.45, 7) is 3.14. The molecule has 0 saturated heterocycles. The van der Waals surface area contributed by atoms with Crippen molar-refractivity contribution in [3.63, 3.8) is 0 Å². The summed E-state index contributed by atoms with van der Waals surface area (Å²) < 4.78 is 21.6. The molecule has 188 valence electrons. The SMILES string of the molecule is COS(N)(NC(=O)NC1C2=C(N=C3CCCC31)C(C)CC2)c1cnn2c1OCC(OCCO)C2. The van der Waals surface area contributed by atoms with Gasteiger partial charge in [0.1, 0.15) is 17.6 Å². The maximum absolute atomic E-state index is 13.2. The molecule has 2 aliphatic carbocycles. The predicted molar refractivity (Wildman–Crippen MR) is 127 cm³/mol. The van der Waals surface area contributed by atoms with Gasteiger partial charge in [-0.3, -0.25) is 14.9 Å². The number of hydrogen-bond acceptors (Lipinski definition) is 8. The van der Waals surface area contributed by atoms with Crippen LogP contribution in [-0.4, -0.2) is 65.7 Å². The van der Waals surface area contributed by atoms with Crippen molar-refractivity contribution in [2.24, 2.45) is 22.0 Å². The second-order valence-corrected chi connectivity index (χ2v) is 11.5. The van der Waals surface area contributed by atoms with Crippen LogP contribution in [0.15, 0.2) is 27.4 Å². The summed E-state index contributed by atoms with van der Waals surface area (Å²) in [4.78, 5) is 18.7. The van der Waals surface area contributed by atoms with Crippen LogP contribution in [0.25, 0.3) is 0 Å². The van der Waals surface area contributed by atoms with E-state index in [0.717, 1.165) is 37.8 Å². The maximum atomic E-state index is 13.2. The summed E-state index contributed by atoms with van der Waals surface area (Å²) in [6, 6.07) is -0.430. The second-order valence-electron chi connectivity index (χ2n) is 9.30. The fourth-order valence-corrected chi connectivity index (χ4v) is 6.80. The topological polar surface area (TPSA) is 145 Å². The number of aliphatic hydroxyl groups excluding tert-OH is 1. The molecule has 5 unspecified atom stereocenters. The number of nitrogens with two attached hydrogens (primary N) is 1. The molecule has 1 aromatic rings. The molecule has 4 aliphatic rings. The highest BCUT2D eigenvalue weighted by Crippen LogP contribution is 2.50. The first-order valence-corrected chi connectivity index (χ1v) is 13.5. The van der Waals surface area contributed by atoms with Crippen LogP contribution in [0.1, 0.15) is 39.0 Å². The number of aliphatic hydroxyl groups is 1. The molecular formula is C22H34N6O5S. The van der Waals surface area contributed by atoms with Crippen molar-refractivity contribution < 1.29 is 23.6 Å². The largest absolute Gasteiger partial charge is 0.474 e. The number of aliphatic imine (C=N–C) groups is 1. The van der Waals surface area contributed by atoms with Crippen LogP contribution in [0.4, 0.5) is 4.79 Å². The van der Waals surface area contributed by atoms with Crippen molar-refractivity contribution >= 4 is 22.4 Å². The molecule has 11 nitrogen and oxygen atoms in total. The van der Waals surface area contributed by atoms with Gasteiger partial charge in [-0.2, -0.15) is 5.10 Å². The molecule has 2 aliphatic heterocycles. The molecule has 12 heteroatoms. The molecule has 1 aromatic heterocycles. The number of nitrogens with one attached hydrogen (secondary N) is 2. The number of ether oxygens (including phenoxy) is 2. The van der Waals surface area contributed by atoms with Gasteiger partial charge < -0.3 is 24.1 Å². The van der Waals surface area contributed by atoms with Crippen LogP contribution in [0.5, 0.6) is 5.88 Å². The monoisotopic (exact) mass is 494 g/mol.